The van der Waals surface area contributed by atoms with Crippen molar-refractivity contribution in [2.75, 3.05) is 52.5 Å². The molecular weight excluding hydrogens is 352 g/mol. The quantitative estimate of drug-likeness (QED) is 0.489. The smallest absolute Gasteiger partial charge is 0.124 e. The van der Waals surface area contributed by atoms with E-state index in [2.05, 4.69) is 49.6 Å². The zero-order valence-electron chi connectivity index (χ0n) is 17.8. The Bertz CT molecular complexity index is 598. The van der Waals surface area contributed by atoms with Crippen molar-refractivity contribution in [2.24, 2.45) is 0 Å². The van der Waals surface area contributed by atoms with Crippen molar-refractivity contribution in [3.63, 3.8) is 0 Å². The van der Waals surface area contributed by atoms with E-state index in [-0.39, 0.29) is 12.8 Å². The third kappa shape index (κ3) is 7.76. The van der Waals surface area contributed by atoms with Gasteiger partial charge in [0.1, 0.15) is 24.7 Å². The van der Waals surface area contributed by atoms with Crippen LogP contribution in [0, 0.1) is 22.7 Å². The van der Waals surface area contributed by atoms with E-state index in [4.69, 9.17) is 9.47 Å². The maximum atomic E-state index is 9.20. The lowest BCUT2D eigenvalue weighted by molar-refractivity contribution is 0.217. The summed E-state index contributed by atoms with van der Waals surface area (Å²) in [5, 5.41) is 18.4. The molecule has 0 amide bonds. The van der Waals surface area contributed by atoms with Gasteiger partial charge in [-0.3, -0.25) is 0 Å². The molecule has 0 aromatic heterocycles. The summed E-state index contributed by atoms with van der Waals surface area (Å²) < 4.78 is 12.0. The Morgan fingerprint density at radius 1 is 0.714 bits per heavy atom. The predicted molar refractivity (Wildman–Crippen MR) is 112 cm³/mol. The third-order valence-corrected chi connectivity index (χ3v) is 4.90. The van der Waals surface area contributed by atoms with E-state index in [1.807, 2.05) is 12.1 Å². The minimum Gasteiger partial charge on any atom is -0.492 e. The van der Waals surface area contributed by atoms with E-state index in [1.165, 1.54) is 0 Å². The lowest BCUT2D eigenvalue weighted by Crippen LogP contribution is -2.28. The molecular formula is C22H34N4O2. The highest BCUT2D eigenvalue weighted by molar-refractivity contribution is 5.48. The van der Waals surface area contributed by atoms with Crippen molar-refractivity contribution in [2.45, 2.75) is 40.5 Å². The third-order valence-electron chi connectivity index (χ3n) is 4.90. The molecule has 0 N–H and O–H groups in total. The Balaban J connectivity index is 2.93. The molecule has 0 saturated heterocycles. The molecule has 0 heterocycles. The van der Waals surface area contributed by atoms with Crippen molar-refractivity contribution in [3.8, 4) is 23.6 Å². The van der Waals surface area contributed by atoms with Gasteiger partial charge in [-0.15, -0.1) is 0 Å². The first-order chi connectivity index (χ1) is 13.6. The normalized spacial score (nSPS) is 10.7. The van der Waals surface area contributed by atoms with Crippen LogP contribution in [0.1, 0.15) is 38.8 Å². The summed E-state index contributed by atoms with van der Waals surface area (Å²) in [6.07, 6.45) is 0.500. The molecule has 1 aromatic carbocycles. The maximum Gasteiger partial charge on any atom is 0.124 e. The molecule has 0 unspecified atom stereocenters. The summed E-state index contributed by atoms with van der Waals surface area (Å²) in [4.78, 5) is 4.57. The molecule has 0 radical (unpaired) electrons. The molecule has 0 atom stereocenters. The van der Waals surface area contributed by atoms with Gasteiger partial charge in [-0.25, -0.2) is 0 Å². The Labute approximate surface area is 170 Å². The van der Waals surface area contributed by atoms with E-state index < -0.39 is 0 Å². The van der Waals surface area contributed by atoms with Crippen LogP contribution in [0.4, 0.5) is 0 Å². The molecule has 0 aliphatic heterocycles. The van der Waals surface area contributed by atoms with Crippen molar-refractivity contribution < 1.29 is 9.47 Å². The fraction of sp³-hybridized carbons (Fsp3) is 0.636. The Morgan fingerprint density at radius 2 is 1.07 bits per heavy atom. The number of hydrogen-bond acceptors (Lipinski definition) is 6. The van der Waals surface area contributed by atoms with Gasteiger partial charge in [-0.2, -0.15) is 10.5 Å². The van der Waals surface area contributed by atoms with Crippen molar-refractivity contribution in [1.82, 2.24) is 9.80 Å². The lowest BCUT2D eigenvalue weighted by Gasteiger charge is -2.21. The fourth-order valence-electron chi connectivity index (χ4n) is 3.01. The molecule has 0 saturated carbocycles. The minimum absolute atomic E-state index is 0.250. The zero-order chi connectivity index (χ0) is 20.8. The molecule has 0 bridgehead atoms. The number of likely N-dealkylation sites (N-methyl/N-ethyl adjacent to an activating group) is 2. The highest BCUT2D eigenvalue weighted by atomic mass is 16.5. The van der Waals surface area contributed by atoms with Gasteiger partial charge in [0.25, 0.3) is 0 Å². The van der Waals surface area contributed by atoms with Gasteiger partial charge in [-0.1, -0.05) is 27.7 Å². The van der Waals surface area contributed by atoms with E-state index >= 15 is 0 Å². The molecule has 1 rings (SSSR count). The second-order valence-electron chi connectivity index (χ2n) is 6.49. The largest absolute Gasteiger partial charge is 0.492 e. The molecule has 154 valence electrons. The van der Waals surface area contributed by atoms with E-state index in [9.17, 15) is 10.5 Å². The number of nitriles is 2. The number of hydrogen-bond donors (Lipinski definition) is 0. The number of rotatable bonds is 14. The van der Waals surface area contributed by atoms with Crippen LogP contribution in [0.5, 0.6) is 11.5 Å². The molecule has 0 aliphatic carbocycles. The number of benzene rings is 1. The van der Waals surface area contributed by atoms with Gasteiger partial charge in [-0.05, 0) is 38.3 Å². The highest BCUT2D eigenvalue weighted by Crippen LogP contribution is 2.30. The van der Waals surface area contributed by atoms with Gasteiger partial charge in [0.2, 0.25) is 0 Å². The molecule has 28 heavy (non-hydrogen) atoms. The summed E-state index contributed by atoms with van der Waals surface area (Å²) in [6.45, 7) is 15.2. The van der Waals surface area contributed by atoms with Crippen molar-refractivity contribution in [1.29, 1.82) is 10.5 Å². The van der Waals surface area contributed by atoms with Crippen LogP contribution in [-0.4, -0.2) is 62.3 Å². The first-order valence-corrected chi connectivity index (χ1v) is 10.2. The topological polar surface area (TPSA) is 72.5 Å². The summed E-state index contributed by atoms with van der Waals surface area (Å²) in [7, 11) is 0. The predicted octanol–water partition coefficient (Wildman–Crippen LogP) is 3.26. The van der Waals surface area contributed by atoms with Gasteiger partial charge in [0.15, 0.2) is 0 Å². The van der Waals surface area contributed by atoms with Crippen LogP contribution in [-0.2, 0) is 12.8 Å². The molecule has 0 aliphatic rings. The highest BCUT2D eigenvalue weighted by Gasteiger charge is 2.13. The van der Waals surface area contributed by atoms with Crippen LogP contribution in [0.15, 0.2) is 12.1 Å². The molecule has 0 fully saturated rings. The Kier molecular flexibility index (Phi) is 11.7. The van der Waals surface area contributed by atoms with Crippen LogP contribution in [0.2, 0.25) is 0 Å². The van der Waals surface area contributed by atoms with Gasteiger partial charge < -0.3 is 19.3 Å². The van der Waals surface area contributed by atoms with Crippen LogP contribution < -0.4 is 9.47 Å². The minimum atomic E-state index is 0.250. The average Bonchev–Trinajstić information content (AvgIpc) is 2.71. The monoisotopic (exact) mass is 386 g/mol. The van der Waals surface area contributed by atoms with E-state index in [1.54, 1.807) is 0 Å². The first kappa shape index (κ1) is 23.8. The Morgan fingerprint density at radius 3 is 1.36 bits per heavy atom. The summed E-state index contributed by atoms with van der Waals surface area (Å²) in [6, 6.07) is 8.13. The standard InChI is InChI=1S/C22H34N4O2/c1-5-25(6-2)13-15-27-21-17-20(10-12-24)22(18-19(21)9-11-23)28-16-14-26(7-3)8-4/h17-18H,5-10,13-16H2,1-4H3. The van der Waals surface area contributed by atoms with Crippen LogP contribution in [0.25, 0.3) is 0 Å². The van der Waals surface area contributed by atoms with Gasteiger partial charge >= 0.3 is 0 Å². The molecule has 6 heteroatoms. The number of ether oxygens (including phenoxy) is 2. The average molecular weight is 387 g/mol. The molecule has 6 nitrogen and oxygen atoms in total. The SMILES string of the molecule is CCN(CC)CCOc1cc(CC#N)c(OCCN(CC)CC)cc1CC#N. The summed E-state index contributed by atoms with van der Waals surface area (Å²) in [5.41, 5.74) is 1.61. The maximum absolute atomic E-state index is 9.20. The summed E-state index contributed by atoms with van der Waals surface area (Å²) >= 11 is 0. The van der Waals surface area contributed by atoms with Crippen LogP contribution >= 0.6 is 0 Å². The zero-order valence-corrected chi connectivity index (χ0v) is 17.8. The van der Waals surface area contributed by atoms with Crippen molar-refractivity contribution >= 4 is 0 Å². The Hall–Kier alpha value is -2.28. The lowest BCUT2D eigenvalue weighted by atomic mass is 10.0. The van der Waals surface area contributed by atoms with E-state index in [0.717, 1.165) is 50.4 Å². The van der Waals surface area contributed by atoms with Gasteiger partial charge in [0, 0.05) is 24.2 Å². The second kappa shape index (κ2) is 13.8. The van der Waals surface area contributed by atoms with E-state index in [0.29, 0.717) is 24.7 Å². The fourth-order valence-corrected chi connectivity index (χ4v) is 3.01. The first-order valence-electron chi connectivity index (χ1n) is 10.2. The molecule has 0 spiro atoms. The summed E-state index contributed by atoms with van der Waals surface area (Å²) in [5.74, 6) is 1.35. The van der Waals surface area contributed by atoms with Gasteiger partial charge in [0.05, 0.1) is 25.0 Å². The van der Waals surface area contributed by atoms with Crippen LogP contribution in [0.3, 0.4) is 0 Å². The van der Waals surface area contributed by atoms with Crippen molar-refractivity contribution in [3.05, 3.63) is 23.3 Å². The second-order valence-corrected chi connectivity index (χ2v) is 6.49. The molecule has 1 aromatic rings. The number of nitrogens with zero attached hydrogens (tertiary/aromatic N) is 4.